The van der Waals surface area contributed by atoms with Crippen LogP contribution >= 0.6 is 0 Å². The molecular formula is C85H129F5N8O31. The van der Waals surface area contributed by atoms with Crippen molar-refractivity contribution in [2.45, 2.75) is 278 Å². The Hall–Kier alpha value is -9.44. The molecule has 1 aromatic rings. The number of unbranched alkanes of at least 4 members (excludes halogenated alkanes) is 9. The van der Waals surface area contributed by atoms with Crippen molar-refractivity contribution in [2.75, 3.05) is 112 Å². The molecule has 0 bridgehead atoms. The molecule has 44 heteroatoms. The average Bonchev–Trinajstić information content (AvgIpc) is 0.808. The van der Waals surface area contributed by atoms with E-state index in [4.69, 9.17) is 71.1 Å². The summed E-state index contributed by atoms with van der Waals surface area (Å²) >= 11 is 0. The first-order valence-corrected chi connectivity index (χ1v) is 43.6. The zero-order chi connectivity index (χ0) is 95.5. The van der Waals surface area contributed by atoms with Crippen molar-refractivity contribution in [1.29, 1.82) is 0 Å². The van der Waals surface area contributed by atoms with Gasteiger partial charge < -0.3 is 118 Å². The standard InChI is InChI=1S/C85H129F5N8O31/c1-48-74(94-51(4)99)82(126-61(42-120-54(7)102)77(48)123-57(10)105)117-34-22-16-13-19-31-91-64(108)28-37-114-45-85(97-81(113)60-40-98(41-60)67(111)26-25-27-68(112)129-80-72(89)70(87)69(86)71(88)73(80)90,46-115-38-29-65(109)92-32-20-14-17-23-35-118-83-75(95-52(5)100)49(2)78(124-58(11)106)62(127-83)43-121-55(8)103)47-116-39-30-66(110)93-33-21-15-18-24-36-119-84-76(96-53(6)101)50(3)79(125-59(12)107)63(128-84)44-122-56(9)104/h48-50,60-63,74-79,82-84H,13-47H2,1-12H3,(H,91,108)(H,92,109)(H,93,110)(H,94,99)(H,95,100)(H,96,101)(H,97,113). The highest BCUT2D eigenvalue weighted by atomic mass is 19.2. The first kappa shape index (κ1) is 110. The highest BCUT2D eigenvalue weighted by Crippen LogP contribution is 2.35. The van der Waals surface area contributed by atoms with E-state index in [0.29, 0.717) is 77.0 Å². The van der Waals surface area contributed by atoms with E-state index in [9.17, 15) is 93.9 Å². The van der Waals surface area contributed by atoms with Gasteiger partial charge in [0.15, 0.2) is 18.9 Å². The van der Waals surface area contributed by atoms with Crippen molar-refractivity contribution < 1.29 is 170 Å². The third-order valence-corrected chi connectivity index (χ3v) is 21.3. The predicted molar refractivity (Wildman–Crippen MR) is 438 cm³/mol. The second-order valence-electron chi connectivity index (χ2n) is 32.3. The number of esters is 7. The maximum Gasteiger partial charge on any atom is 0.311 e. The summed E-state index contributed by atoms with van der Waals surface area (Å²) in [7, 11) is 0. The number of hydrogen-bond donors (Lipinski definition) is 7. The van der Waals surface area contributed by atoms with E-state index in [1.165, 1.54) is 67.2 Å². The largest absolute Gasteiger partial charge is 0.463 e. The number of amides is 8. The van der Waals surface area contributed by atoms with Gasteiger partial charge in [-0.2, -0.15) is 8.78 Å². The van der Waals surface area contributed by atoms with Crippen LogP contribution in [0.2, 0.25) is 0 Å². The lowest BCUT2D eigenvalue weighted by Gasteiger charge is -2.44. The van der Waals surface area contributed by atoms with Crippen molar-refractivity contribution in [3.63, 3.8) is 0 Å². The second-order valence-corrected chi connectivity index (χ2v) is 32.3. The van der Waals surface area contributed by atoms with E-state index in [0.717, 1.165) is 0 Å². The normalized spacial score (nSPS) is 23.0. The average molecular weight is 1850 g/mol. The highest BCUT2D eigenvalue weighted by molar-refractivity contribution is 5.85. The van der Waals surface area contributed by atoms with Gasteiger partial charge in [-0.05, 0) is 44.9 Å². The topological polar surface area (TPSA) is 491 Å². The molecule has 4 fully saturated rings. The minimum Gasteiger partial charge on any atom is -0.463 e. The van der Waals surface area contributed by atoms with E-state index < -0.39 is 215 Å². The summed E-state index contributed by atoms with van der Waals surface area (Å²) in [5, 5.41) is 19.9. The summed E-state index contributed by atoms with van der Waals surface area (Å²) in [6.07, 6.45) is -2.97. The number of ether oxygens (including phenoxy) is 16. The molecule has 39 nitrogen and oxygen atoms in total. The molecule has 0 aromatic heterocycles. The van der Waals surface area contributed by atoms with Gasteiger partial charge in [0.05, 0.1) is 63.7 Å². The minimum absolute atomic E-state index is 0.170. The van der Waals surface area contributed by atoms with Gasteiger partial charge in [0.1, 0.15) is 62.0 Å². The van der Waals surface area contributed by atoms with E-state index in [1.54, 1.807) is 20.8 Å². The van der Waals surface area contributed by atoms with Gasteiger partial charge in [-0.25, -0.2) is 13.2 Å². The van der Waals surface area contributed by atoms with Crippen LogP contribution in [0.25, 0.3) is 0 Å². The molecule has 5 rings (SSSR count). The fourth-order valence-electron chi connectivity index (χ4n) is 14.6. The van der Waals surface area contributed by atoms with Crippen LogP contribution in [0.3, 0.4) is 0 Å². The van der Waals surface area contributed by atoms with E-state index >= 15 is 0 Å². The van der Waals surface area contributed by atoms with Crippen molar-refractivity contribution >= 4 is 89.0 Å². The summed E-state index contributed by atoms with van der Waals surface area (Å²) in [5.41, 5.74) is -1.63. The SMILES string of the molecule is CC(=O)NC1C(OCCCCCCNC(=O)CCOCC(COCCC(=O)NCCCCCCOC2OC(COC(C)=O)C(OC(C)=O)C(C)C2NC(C)=O)(COCCC(=O)NCCCCCCOC2OC(COC(C)=O)C(OC(C)=O)C(C)C2NC(C)=O)NC(=O)C2CN(C(=O)CCCC(=O)Oc3c(F)c(F)c(F)c(F)c3F)C2)OC(COC(C)=O)C(OC(C)=O)C1C. The summed E-state index contributed by atoms with van der Waals surface area (Å²) in [6, 6.07) is -2.18. The Labute approximate surface area is 746 Å². The number of rotatable bonds is 58. The zero-order valence-corrected chi connectivity index (χ0v) is 75.5. The maximum atomic E-state index is 14.4. The number of nitrogens with one attached hydrogen (secondary N) is 7. The molecule has 7 N–H and O–H groups in total. The Balaban J connectivity index is 1.22. The second kappa shape index (κ2) is 57.7. The van der Waals surface area contributed by atoms with Gasteiger partial charge in [0, 0.05) is 165 Å². The number of halogens is 5. The van der Waals surface area contributed by atoms with Gasteiger partial charge in [-0.1, -0.05) is 59.3 Å². The smallest absolute Gasteiger partial charge is 0.311 e. The van der Waals surface area contributed by atoms with Crippen molar-refractivity contribution in [2.24, 2.45) is 23.7 Å². The number of nitrogens with zero attached hydrogens (tertiary/aromatic N) is 1. The molecule has 4 aliphatic rings. The Bertz CT molecular complexity index is 3540. The number of carbonyl (C=O) groups is 15. The van der Waals surface area contributed by atoms with Gasteiger partial charge in [0.25, 0.3) is 0 Å². The van der Waals surface area contributed by atoms with Crippen molar-refractivity contribution in [3.05, 3.63) is 29.1 Å². The molecule has 730 valence electrons. The third kappa shape index (κ3) is 39.6. The lowest BCUT2D eigenvalue weighted by Crippen LogP contribution is -2.64. The van der Waals surface area contributed by atoms with Crippen LogP contribution < -0.4 is 42.0 Å². The molecule has 4 aliphatic heterocycles. The molecule has 15 atom stereocenters. The lowest BCUT2D eigenvalue weighted by atomic mass is 9.88. The van der Waals surface area contributed by atoms with Gasteiger partial charge in [-0.3, -0.25) is 71.9 Å². The predicted octanol–water partition coefficient (Wildman–Crippen LogP) is 4.15. The fourth-order valence-corrected chi connectivity index (χ4v) is 14.6. The highest BCUT2D eigenvalue weighted by Gasteiger charge is 2.51. The molecular weight excluding hydrogens is 1720 g/mol. The number of likely N-dealkylation sites (tertiary alicyclic amines) is 1. The molecule has 4 heterocycles. The third-order valence-electron chi connectivity index (χ3n) is 21.3. The molecule has 15 unspecified atom stereocenters. The summed E-state index contributed by atoms with van der Waals surface area (Å²) < 4.78 is 161. The van der Waals surface area contributed by atoms with E-state index in [-0.39, 0.29) is 162 Å². The zero-order valence-electron chi connectivity index (χ0n) is 75.5. The lowest BCUT2D eigenvalue weighted by molar-refractivity contribution is -0.262. The first-order valence-electron chi connectivity index (χ1n) is 43.6. The fraction of sp³-hybridized carbons (Fsp3) is 0.753. The molecule has 129 heavy (non-hydrogen) atoms. The van der Waals surface area contributed by atoms with Crippen molar-refractivity contribution in [1.82, 2.24) is 42.1 Å². The maximum absolute atomic E-state index is 14.4. The quantitative estimate of drug-likeness (QED) is 0.00916. The Morgan fingerprint density at radius 1 is 0.380 bits per heavy atom. The molecule has 0 aliphatic carbocycles. The van der Waals surface area contributed by atoms with E-state index in [1.807, 2.05) is 0 Å². The molecule has 1 aromatic carbocycles. The molecule has 0 spiro atoms. The monoisotopic (exact) mass is 1850 g/mol. The van der Waals surface area contributed by atoms with Crippen LogP contribution in [0.5, 0.6) is 5.75 Å². The van der Waals surface area contributed by atoms with Crippen LogP contribution in [0.4, 0.5) is 22.0 Å². The number of hydrogen-bond acceptors (Lipinski definition) is 31. The minimum atomic E-state index is -2.46. The Kier molecular flexibility index (Phi) is 49.2. The number of benzene rings is 1. The molecule has 0 radical (unpaired) electrons. The first-order chi connectivity index (χ1) is 61.2. The molecule has 8 amide bonds. The summed E-state index contributed by atoms with van der Waals surface area (Å²) in [4.78, 5) is 190. The Morgan fingerprint density at radius 3 is 0.992 bits per heavy atom. The summed E-state index contributed by atoms with van der Waals surface area (Å²) in [6.45, 7) is 15.1. The molecule has 0 saturated carbocycles. The van der Waals surface area contributed by atoms with Crippen LogP contribution in [0.1, 0.15) is 199 Å². The van der Waals surface area contributed by atoms with Gasteiger partial charge in [0.2, 0.25) is 82.1 Å². The van der Waals surface area contributed by atoms with Gasteiger partial charge >= 0.3 is 41.8 Å². The van der Waals surface area contributed by atoms with Crippen LogP contribution in [-0.4, -0.2) is 285 Å². The van der Waals surface area contributed by atoms with Crippen LogP contribution in [0, 0.1) is 52.8 Å². The summed E-state index contributed by atoms with van der Waals surface area (Å²) in [5.74, 6) is -24.6. The van der Waals surface area contributed by atoms with Crippen LogP contribution in [0.15, 0.2) is 0 Å². The van der Waals surface area contributed by atoms with Gasteiger partial charge in [-0.15, -0.1) is 0 Å². The van der Waals surface area contributed by atoms with Crippen LogP contribution in [-0.2, 0) is 143 Å². The van der Waals surface area contributed by atoms with Crippen molar-refractivity contribution in [3.8, 4) is 5.75 Å². The number of carbonyl (C=O) groups excluding carboxylic acids is 15. The Morgan fingerprint density at radius 2 is 0.690 bits per heavy atom. The van der Waals surface area contributed by atoms with E-state index in [2.05, 4.69) is 42.0 Å². The molecule has 4 saturated heterocycles.